The molecule has 0 fully saturated rings. The summed E-state index contributed by atoms with van der Waals surface area (Å²) in [6.45, 7) is 0. The number of hydrogen-bond donors (Lipinski definition) is 1. The van der Waals surface area contributed by atoms with Crippen LogP contribution in [0.25, 0.3) is 11.1 Å². The number of aromatic hydroxyl groups is 1. The second kappa shape index (κ2) is 14.8. The first kappa shape index (κ1) is 31.0. The first-order valence-electron chi connectivity index (χ1n) is 16.9. The van der Waals surface area contributed by atoms with Gasteiger partial charge in [-0.05, 0) is 111 Å². The summed E-state index contributed by atoms with van der Waals surface area (Å²) in [6.07, 6.45) is 4.08. The van der Waals surface area contributed by atoms with Crippen LogP contribution in [0.4, 0.5) is 0 Å². The van der Waals surface area contributed by atoms with Gasteiger partial charge < -0.3 is 5.11 Å². The maximum atomic E-state index is 10.9. The Kier molecular flexibility index (Phi) is 9.57. The molecule has 7 aromatic carbocycles. The number of rotatable bonds is 11. The summed E-state index contributed by atoms with van der Waals surface area (Å²) in [4.78, 5) is 0. The lowest BCUT2D eigenvalue weighted by molar-refractivity contribution is 0.475. The zero-order valence-corrected chi connectivity index (χ0v) is 27.2. The highest BCUT2D eigenvalue weighted by atomic mass is 16.3. The molecule has 0 radical (unpaired) electrons. The van der Waals surface area contributed by atoms with Crippen molar-refractivity contribution in [1.82, 2.24) is 0 Å². The Bertz CT molecular complexity index is 1960. The fraction of sp³-hybridized carbons (Fsp3) is 0.106. The van der Waals surface area contributed by atoms with E-state index in [0.717, 1.165) is 37.7 Å². The van der Waals surface area contributed by atoms with Gasteiger partial charge in [-0.25, -0.2) is 0 Å². The molecule has 0 amide bonds. The van der Waals surface area contributed by atoms with E-state index in [1.165, 1.54) is 61.2 Å². The Hall–Kier alpha value is -5.66. The van der Waals surface area contributed by atoms with Gasteiger partial charge in [0.1, 0.15) is 5.75 Å². The molecule has 0 unspecified atom stereocenters. The van der Waals surface area contributed by atoms with E-state index in [2.05, 4.69) is 158 Å². The monoisotopic (exact) mass is 620 g/mol. The fourth-order valence-corrected chi connectivity index (χ4v) is 7.07. The van der Waals surface area contributed by atoms with Crippen LogP contribution in [0.15, 0.2) is 176 Å². The molecule has 0 bridgehead atoms. The number of hydrogen-bond acceptors (Lipinski definition) is 1. The van der Waals surface area contributed by atoms with Gasteiger partial charge >= 0.3 is 0 Å². The molecule has 1 N–H and O–H groups in total. The van der Waals surface area contributed by atoms with Gasteiger partial charge in [0.15, 0.2) is 0 Å². The SMILES string of the molecule is Oc1cccc(-c2c(Cc3ccccc3)c(Cc3ccccc3)c(Cc3ccccc3)c(Cc3ccccc3)c2Cc2ccccc2)c1. The van der Waals surface area contributed by atoms with Gasteiger partial charge in [-0.1, -0.05) is 164 Å². The molecule has 0 spiro atoms. The third-order valence-corrected chi connectivity index (χ3v) is 9.31. The van der Waals surface area contributed by atoms with Crippen LogP contribution in [-0.2, 0) is 32.1 Å². The normalized spacial score (nSPS) is 11.0. The average molecular weight is 621 g/mol. The topological polar surface area (TPSA) is 20.2 Å². The minimum atomic E-state index is 0.284. The Morgan fingerprint density at radius 1 is 0.292 bits per heavy atom. The summed E-state index contributed by atoms with van der Waals surface area (Å²) in [6, 6.07) is 62.3. The largest absolute Gasteiger partial charge is 0.508 e. The van der Waals surface area contributed by atoms with Gasteiger partial charge in [-0.3, -0.25) is 0 Å². The molecule has 0 atom stereocenters. The van der Waals surface area contributed by atoms with Crippen molar-refractivity contribution in [1.29, 1.82) is 0 Å². The van der Waals surface area contributed by atoms with E-state index in [9.17, 15) is 5.11 Å². The lowest BCUT2D eigenvalue weighted by Gasteiger charge is -2.28. The predicted octanol–water partition coefficient (Wildman–Crippen LogP) is 11.0. The van der Waals surface area contributed by atoms with Gasteiger partial charge in [0.05, 0.1) is 0 Å². The lowest BCUT2D eigenvalue weighted by Crippen LogP contribution is -2.14. The lowest BCUT2D eigenvalue weighted by atomic mass is 9.75. The molecule has 0 aromatic heterocycles. The summed E-state index contributed by atoms with van der Waals surface area (Å²) in [5.74, 6) is 0.284. The molecule has 234 valence electrons. The van der Waals surface area contributed by atoms with E-state index in [0.29, 0.717) is 0 Å². The third-order valence-electron chi connectivity index (χ3n) is 9.31. The molecule has 0 saturated heterocycles. The third kappa shape index (κ3) is 7.32. The Morgan fingerprint density at radius 3 is 0.896 bits per heavy atom. The highest BCUT2D eigenvalue weighted by Gasteiger charge is 2.26. The van der Waals surface area contributed by atoms with E-state index in [4.69, 9.17) is 0 Å². The minimum Gasteiger partial charge on any atom is -0.508 e. The average Bonchev–Trinajstić information content (AvgIpc) is 3.13. The molecule has 7 aromatic rings. The summed E-state index contributed by atoms with van der Waals surface area (Å²) in [5.41, 5.74) is 15.6. The fourth-order valence-electron chi connectivity index (χ4n) is 7.07. The highest BCUT2D eigenvalue weighted by Crippen LogP contribution is 2.42. The predicted molar refractivity (Wildman–Crippen MR) is 200 cm³/mol. The van der Waals surface area contributed by atoms with Crippen molar-refractivity contribution in [3.05, 3.63) is 232 Å². The summed E-state index contributed by atoms with van der Waals surface area (Å²) >= 11 is 0. The Morgan fingerprint density at radius 2 is 0.583 bits per heavy atom. The number of benzene rings is 7. The smallest absolute Gasteiger partial charge is 0.116 e. The van der Waals surface area contributed by atoms with Crippen LogP contribution < -0.4 is 0 Å². The molecule has 0 heterocycles. The minimum absolute atomic E-state index is 0.284. The zero-order chi connectivity index (χ0) is 32.5. The van der Waals surface area contributed by atoms with Crippen LogP contribution in [0, 0.1) is 0 Å². The molecule has 1 heteroatoms. The highest BCUT2D eigenvalue weighted by molar-refractivity contribution is 5.78. The van der Waals surface area contributed by atoms with Crippen molar-refractivity contribution >= 4 is 0 Å². The van der Waals surface area contributed by atoms with Crippen LogP contribution >= 0.6 is 0 Å². The van der Waals surface area contributed by atoms with Gasteiger partial charge in [0.25, 0.3) is 0 Å². The summed E-state index contributed by atoms with van der Waals surface area (Å²) in [5, 5.41) is 10.9. The molecule has 0 aliphatic rings. The standard InChI is InChI=1S/C47H40O/c48-41-28-16-27-40(34-41)47-45(32-38-23-12-4-13-24-38)43(30-36-19-8-2-9-20-36)42(29-35-17-6-1-7-18-35)44(31-37-21-10-3-11-22-37)46(47)33-39-25-14-5-15-26-39/h1-28,34,48H,29-33H2. The van der Waals surface area contributed by atoms with E-state index in [-0.39, 0.29) is 5.75 Å². The first-order valence-corrected chi connectivity index (χ1v) is 16.9. The number of phenols is 1. The molecule has 0 saturated carbocycles. The van der Waals surface area contributed by atoms with E-state index < -0.39 is 0 Å². The molecule has 0 aliphatic carbocycles. The Labute approximate surface area is 284 Å². The van der Waals surface area contributed by atoms with E-state index in [1.54, 1.807) is 6.07 Å². The van der Waals surface area contributed by atoms with Crippen molar-refractivity contribution in [3.8, 4) is 16.9 Å². The van der Waals surface area contributed by atoms with Crippen molar-refractivity contribution in [3.63, 3.8) is 0 Å². The van der Waals surface area contributed by atoms with Crippen LogP contribution in [0.3, 0.4) is 0 Å². The van der Waals surface area contributed by atoms with Crippen molar-refractivity contribution < 1.29 is 5.11 Å². The van der Waals surface area contributed by atoms with Crippen molar-refractivity contribution in [2.24, 2.45) is 0 Å². The maximum Gasteiger partial charge on any atom is 0.116 e. The van der Waals surface area contributed by atoms with Crippen LogP contribution in [0.1, 0.15) is 55.6 Å². The zero-order valence-electron chi connectivity index (χ0n) is 27.2. The molecular formula is C47H40O. The maximum absolute atomic E-state index is 10.9. The summed E-state index contributed by atoms with van der Waals surface area (Å²) in [7, 11) is 0. The van der Waals surface area contributed by atoms with E-state index in [1.807, 2.05) is 12.1 Å². The van der Waals surface area contributed by atoms with Gasteiger partial charge in [0, 0.05) is 0 Å². The summed E-state index contributed by atoms with van der Waals surface area (Å²) < 4.78 is 0. The first-order chi connectivity index (χ1) is 23.7. The second-order valence-electron chi connectivity index (χ2n) is 12.6. The molecule has 0 aliphatic heterocycles. The van der Waals surface area contributed by atoms with Crippen LogP contribution in [0.2, 0.25) is 0 Å². The quantitative estimate of drug-likeness (QED) is 0.153. The van der Waals surface area contributed by atoms with Crippen LogP contribution in [0.5, 0.6) is 5.75 Å². The van der Waals surface area contributed by atoms with Gasteiger partial charge in [-0.15, -0.1) is 0 Å². The van der Waals surface area contributed by atoms with Gasteiger partial charge in [0.2, 0.25) is 0 Å². The molecular weight excluding hydrogens is 581 g/mol. The number of phenolic OH excluding ortho intramolecular Hbond substituents is 1. The Balaban J connectivity index is 1.61. The van der Waals surface area contributed by atoms with Gasteiger partial charge in [-0.2, -0.15) is 0 Å². The van der Waals surface area contributed by atoms with Crippen molar-refractivity contribution in [2.45, 2.75) is 32.1 Å². The van der Waals surface area contributed by atoms with E-state index >= 15 is 0 Å². The molecule has 7 rings (SSSR count). The second-order valence-corrected chi connectivity index (χ2v) is 12.6. The molecule has 48 heavy (non-hydrogen) atoms. The van der Waals surface area contributed by atoms with Crippen LogP contribution in [-0.4, -0.2) is 5.11 Å². The molecule has 1 nitrogen and oxygen atoms in total. The van der Waals surface area contributed by atoms with Crippen molar-refractivity contribution in [2.75, 3.05) is 0 Å².